The average Bonchev–Trinajstić information content (AvgIpc) is 2.46. The second-order valence-corrected chi connectivity index (χ2v) is 6.68. The summed E-state index contributed by atoms with van der Waals surface area (Å²) in [6, 6.07) is 0.690. The highest BCUT2D eigenvalue weighted by Crippen LogP contribution is 2.31. The van der Waals surface area contributed by atoms with E-state index in [4.69, 9.17) is 4.74 Å². The van der Waals surface area contributed by atoms with E-state index < -0.39 is 0 Å². The fourth-order valence-corrected chi connectivity index (χ4v) is 3.58. The van der Waals surface area contributed by atoms with Gasteiger partial charge in [0, 0.05) is 25.7 Å². The zero-order valence-electron chi connectivity index (χ0n) is 13.1. The van der Waals surface area contributed by atoms with Crippen molar-refractivity contribution in [3.63, 3.8) is 0 Å². The lowest BCUT2D eigenvalue weighted by molar-refractivity contribution is -0.0979. The first-order chi connectivity index (χ1) is 9.18. The van der Waals surface area contributed by atoms with E-state index >= 15 is 0 Å². The Labute approximate surface area is 119 Å². The molecule has 0 amide bonds. The number of fused-ring (bicyclic) bond motifs is 1. The van der Waals surface area contributed by atoms with Crippen LogP contribution in [0.5, 0.6) is 0 Å². The summed E-state index contributed by atoms with van der Waals surface area (Å²) in [5, 5.41) is 3.54. The fraction of sp³-hybridized carbons (Fsp3) is 1.00. The van der Waals surface area contributed by atoms with Gasteiger partial charge in [-0.15, -0.1) is 0 Å². The highest BCUT2D eigenvalue weighted by Gasteiger charge is 2.37. The van der Waals surface area contributed by atoms with Crippen molar-refractivity contribution < 1.29 is 4.74 Å². The molecule has 0 spiro atoms. The second-order valence-electron chi connectivity index (χ2n) is 6.68. The summed E-state index contributed by atoms with van der Waals surface area (Å²) in [5.41, 5.74) is 0.398. The summed E-state index contributed by atoms with van der Waals surface area (Å²) in [6.07, 6.45) is 7.12. The van der Waals surface area contributed by atoms with Crippen LogP contribution in [0.25, 0.3) is 0 Å². The van der Waals surface area contributed by atoms with Crippen LogP contribution < -0.4 is 5.32 Å². The zero-order chi connectivity index (χ0) is 13.7. The van der Waals surface area contributed by atoms with Gasteiger partial charge in [-0.1, -0.05) is 33.6 Å². The molecular weight excluding hydrogens is 236 g/mol. The Balaban J connectivity index is 1.95. The lowest BCUT2D eigenvalue weighted by atomic mass is 9.83. The van der Waals surface area contributed by atoms with E-state index in [1.54, 1.807) is 0 Å². The molecule has 0 radical (unpaired) electrons. The van der Waals surface area contributed by atoms with E-state index in [0.717, 1.165) is 26.2 Å². The summed E-state index contributed by atoms with van der Waals surface area (Å²) < 4.78 is 5.98. The van der Waals surface area contributed by atoms with Crippen molar-refractivity contribution in [3.05, 3.63) is 0 Å². The third kappa shape index (κ3) is 3.93. The van der Waals surface area contributed by atoms with Gasteiger partial charge in [-0.2, -0.15) is 0 Å². The summed E-state index contributed by atoms with van der Waals surface area (Å²) in [7, 11) is 0. The van der Waals surface area contributed by atoms with Crippen molar-refractivity contribution in [2.24, 2.45) is 5.41 Å². The van der Waals surface area contributed by atoms with Gasteiger partial charge >= 0.3 is 0 Å². The first-order valence-electron chi connectivity index (χ1n) is 8.25. The molecule has 2 rings (SSSR count). The van der Waals surface area contributed by atoms with Crippen molar-refractivity contribution in [3.8, 4) is 0 Å². The largest absolute Gasteiger partial charge is 0.375 e. The Hall–Kier alpha value is -0.120. The van der Waals surface area contributed by atoms with Crippen molar-refractivity contribution in [1.82, 2.24) is 10.2 Å². The van der Waals surface area contributed by atoms with Gasteiger partial charge in [0.1, 0.15) is 0 Å². The summed E-state index contributed by atoms with van der Waals surface area (Å²) >= 11 is 0. The Morgan fingerprint density at radius 1 is 1.26 bits per heavy atom. The van der Waals surface area contributed by atoms with Crippen molar-refractivity contribution in [2.75, 3.05) is 32.8 Å². The van der Waals surface area contributed by atoms with E-state index in [0.29, 0.717) is 17.6 Å². The highest BCUT2D eigenvalue weighted by atomic mass is 16.5. The van der Waals surface area contributed by atoms with Crippen LogP contribution in [0.1, 0.15) is 52.9 Å². The third-order valence-electron chi connectivity index (χ3n) is 5.09. The van der Waals surface area contributed by atoms with Gasteiger partial charge in [0.25, 0.3) is 0 Å². The number of morpholine rings is 1. The Morgan fingerprint density at radius 3 is 2.79 bits per heavy atom. The predicted molar refractivity (Wildman–Crippen MR) is 80.5 cm³/mol. The Kier molecular flexibility index (Phi) is 5.67. The van der Waals surface area contributed by atoms with Crippen molar-refractivity contribution in [2.45, 2.75) is 65.0 Å². The topological polar surface area (TPSA) is 24.5 Å². The molecule has 112 valence electrons. The molecule has 3 nitrogen and oxygen atoms in total. The fourth-order valence-electron chi connectivity index (χ4n) is 3.58. The van der Waals surface area contributed by atoms with Gasteiger partial charge in [0.05, 0.1) is 12.7 Å². The normalized spacial score (nSPS) is 31.7. The molecule has 3 heteroatoms. The van der Waals surface area contributed by atoms with Crippen LogP contribution in [-0.4, -0.2) is 49.8 Å². The number of hydrogen-bond acceptors (Lipinski definition) is 3. The molecule has 0 aromatic carbocycles. The van der Waals surface area contributed by atoms with Gasteiger partial charge in [0.15, 0.2) is 0 Å². The third-order valence-corrected chi connectivity index (χ3v) is 5.09. The van der Waals surface area contributed by atoms with Crippen molar-refractivity contribution in [1.29, 1.82) is 0 Å². The molecule has 1 aliphatic heterocycles. The number of nitrogens with zero attached hydrogens (tertiary/aromatic N) is 1. The van der Waals surface area contributed by atoms with Gasteiger partial charge in [-0.05, 0) is 31.2 Å². The standard InChI is InChI=1S/C16H32N2O/c1-4-16(3,12-17-5-2)13-18-10-11-19-15-9-7-6-8-14(15)18/h14-15,17H,4-13H2,1-3H3. The van der Waals surface area contributed by atoms with Crippen molar-refractivity contribution >= 4 is 0 Å². The van der Waals surface area contributed by atoms with Crippen LogP contribution >= 0.6 is 0 Å². The maximum Gasteiger partial charge on any atom is 0.0730 e. The summed E-state index contributed by atoms with van der Waals surface area (Å²) in [5.74, 6) is 0. The molecule has 19 heavy (non-hydrogen) atoms. The van der Waals surface area contributed by atoms with E-state index in [2.05, 4.69) is 31.0 Å². The number of nitrogens with one attached hydrogen (secondary N) is 1. The summed E-state index contributed by atoms with van der Waals surface area (Å²) in [4.78, 5) is 2.73. The number of ether oxygens (including phenoxy) is 1. The highest BCUT2D eigenvalue weighted by molar-refractivity contribution is 4.90. The quantitative estimate of drug-likeness (QED) is 0.801. The molecule has 1 saturated carbocycles. The lowest BCUT2D eigenvalue weighted by Crippen LogP contribution is -2.56. The van der Waals surface area contributed by atoms with Crippen LogP contribution in [0.3, 0.4) is 0 Å². The van der Waals surface area contributed by atoms with E-state index in [1.807, 2.05) is 0 Å². The van der Waals surface area contributed by atoms with Gasteiger partial charge in [-0.25, -0.2) is 0 Å². The van der Waals surface area contributed by atoms with Gasteiger partial charge in [0.2, 0.25) is 0 Å². The molecular formula is C16H32N2O. The molecule has 1 heterocycles. The molecule has 1 N–H and O–H groups in total. The molecule has 0 aromatic rings. The number of hydrogen-bond donors (Lipinski definition) is 1. The maximum absolute atomic E-state index is 5.98. The minimum absolute atomic E-state index is 0.398. The monoisotopic (exact) mass is 268 g/mol. The van der Waals surface area contributed by atoms with E-state index in [1.165, 1.54) is 38.6 Å². The molecule has 1 aliphatic carbocycles. The molecule has 3 unspecified atom stereocenters. The molecule has 2 aliphatic rings. The smallest absolute Gasteiger partial charge is 0.0730 e. The minimum Gasteiger partial charge on any atom is -0.375 e. The van der Waals surface area contributed by atoms with E-state index in [9.17, 15) is 0 Å². The molecule has 3 atom stereocenters. The Morgan fingerprint density at radius 2 is 2.05 bits per heavy atom. The van der Waals surface area contributed by atoms with E-state index in [-0.39, 0.29) is 0 Å². The maximum atomic E-state index is 5.98. The van der Waals surface area contributed by atoms with Crippen LogP contribution in [-0.2, 0) is 4.74 Å². The Bertz CT molecular complexity index is 269. The molecule has 1 saturated heterocycles. The first kappa shape index (κ1) is 15.3. The average molecular weight is 268 g/mol. The van der Waals surface area contributed by atoms with Crippen LogP contribution in [0, 0.1) is 5.41 Å². The second kappa shape index (κ2) is 7.05. The predicted octanol–water partition coefficient (Wildman–Crippen LogP) is 2.66. The minimum atomic E-state index is 0.398. The van der Waals surface area contributed by atoms with Crippen LogP contribution in [0.15, 0.2) is 0 Å². The first-order valence-corrected chi connectivity index (χ1v) is 8.25. The summed E-state index contributed by atoms with van der Waals surface area (Å²) in [6.45, 7) is 12.5. The molecule has 2 fully saturated rings. The number of rotatable bonds is 6. The van der Waals surface area contributed by atoms with Crippen LogP contribution in [0.2, 0.25) is 0 Å². The molecule has 0 aromatic heterocycles. The van der Waals surface area contributed by atoms with Gasteiger partial charge in [-0.3, -0.25) is 4.90 Å². The molecule has 0 bridgehead atoms. The lowest BCUT2D eigenvalue weighted by Gasteiger charge is -2.47. The SMILES string of the molecule is CCNCC(C)(CC)CN1CCOC2CCCCC21. The van der Waals surface area contributed by atoms with Gasteiger partial charge < -0.3 is 10.1 Å². The van der Waals surface area contributed by atoms with Crippen LogP contribution in [0.4, 0.5) is 0 Å². The zero-order valence-corrected chi connectivity index (χ0v) is 13.1.